The molecule has 0 saturated carbocycles. The minimum Gasteiger partial charge on any atom is -0.497 e. The standard InChI is InChI=1S/C15H12ClIO3/c1-19-11-5-10(6-12(8-11)20-2)15(18)9-3-4-14(17)13(16)7-9/h3-8H,1-2H3. The number of hydrogen-bond donors (Lipinski definition) is 0. The van der Waals surface area contributed by atoms with Crippen molar-refractivity contribution in [3.8, 4) is 11.5 Å². The summed E-state index contributed by atoms with van der Waals surface area (Å²) in [5.74, 6) is 1.02. The summed E-state index contributed by atoms with van der Waals surface area (Å²) in [7, 11) is 3.09. The Morgan fingerprint density at radius 3 is 2.10 bits per heavy atom. The molecule has 0 aromatic heterocycles. The van der Waals surface area contributed by atoms with Crippen molar-refractivity contribution < 1.29 is 14.3 Å². The van der Waals surface area contributed by atoms with Gasteiger partial charge in [0.25, 0.3) is 0 Å². The fourth-order valence-electron chi connectivity index (χ4n) is 1.74. The first kappa shape index (κ1) is 15.1. The van der Waals surface area contributed by atoms with E-state index in [1.165, 1.54) is 0 Å². The lowest BCUT2D eigenvalue weighted by Crippen LogP contribution is -2.03. The van der Waals surface area contributed by atoms with Gasteiger partial charge in [-0.15, -0.1) is 0 Å². The van der Waals surface area contributed by atoms with Gasteiger partial charge in [0.2, 0.25) is 0 Å². The van der Waals surface area contributed by atoms with Crippen molar-refractivity contribution in [2.24, 2.45) is 0 Å². The summed E-state index contributed by atoms with van der Waals surface area (Å²) >= 11 is 8.17. The minimum atomic E-state index is -0.125. The third-order valence-corrected chi connectivity index (χ3v) is 4.37. The van der Waals surface area contributed by atoms with Gasteiger partial charge in [-0.2, -0.15) is 0 Å². The third kappa shape index (κ3) is 3.24. The van der Waals surface area contributed by atoms with Crippen LogP contribution in [0, 0.1) is 3.57 Å². The van der Waals surface area contributed by atoms with Gasteiger partial charge in [0.05, 0.1) is 19.2 Å². The van der Waals surface area contributed by atoms with Gasteiger partial charge in [-0.25, -0.2) is 0 Å². The van der Waals surface area contributed by atoms with Crippen LogP contribution >= 0.6 is 34.2 Å². The number of benzene rings is 2. The number of ketones is 1. The number of rotatable bonds is 4. The molecule has 2 aromatic carbocycles. The molecule has 0 N–H and O–H groups in total. The molecule has 20 heavy (non-hydrogen) atoms. The molecule has 0 spiro atoms. The first-order valence-corrected chi connectivity index (χ1v) is 7.23. The molecule has 0 saturated heterocycles. The van der Waals surface area contributed by atoms with Crippen molar-refractivity contribution in [2.45, 2.75) is 0 Å². The van der Waals surface area contributed by atoms with Crippen LogP contribution < -0.4 is 9.47 Å². The molecule has 0 aliphatic heterocycles. The second-order valence-electron chi connectivity index (χ2n) is 4.06. The van der Waals surface area contributed by atoms with Crippen LogP contribution in [0.15, 0.2) is 36.4 Å². The van der Waals surface area contributed by atoms with Gasteiger partial charge < -0.3 is 9.47 Å². The zero-order valence-corrected chi connectivity index (χ0v) is 13.9. The molecule has 0 bridgehead atoms. The predicted octanol–water partition coefficient (Wildman–Crippen LogP) is 4.19. The van der Waals surface area contributed by atoms with Gasteiger partial charge >= 0.3 is 0 Å². The monoisotopic (exact) mass is 402 g/mol. The largest absolute Gasteiger partial charge is 0.497 e. The highest BCUT2D eigenvalue weighted by Gasteiger charge is 2.13. The van der Waals surface area contributed by atoms with Crippen LogP contribution in [0.5, 0.6) is 11.5 Å². The Balaban J connectivity index is 2.44. The third-order valence-electron chi connectivity index (χ3n) is 2.80. The molecule has 0 fully saturated rings. The first-order valence-electron chi connectivity index (χ1n) is 5.78. The van der Waals surface area contributed by atoms with Crippen LogP contribution in [-0.4, -0.2) is 20.0 Å². The maximum absolute atomic E-state index is 12.5. The Labute approximate surface area is 136 Å². The van der Waals surface area contributed by atoms with Crippen molar-refractivity contribution in [1.82, 2.24) is 0 Å². The second-order valence-corrected chi connectivity index (χ2v) is 5.63. The molecule has 0 radical (unpaired) electrons. The van der Waals surface area contributed by atoms with E-state index >= 15 is 0 Å². The number of carbonyl (C=O) groups excluding carboxylic acids is 1. The summed E-state index contributed by atoms with van der Waals surface area (Å²) in [6, 6.07) is 10.3. The van der Waals surface area contributed by atoms with Gasteiger partial charge in [-0.3, -0.25) is 4.79 Å². The molecule has 0 unspecified atom stereocenters. The molecule has 104 valence electrons. The van der Waals surface area contributed by atoms with Gasteiger partial charge in [-0.05, 0) is 52.9 Å². The summed E-state index contributed by atoms with van der Waals surface area (Å²) < 4.78 is 11.2. The zero-order chi connectivity index (χ0) is 14.7. The first-order chi connectivity index (χ1) is 9.55. The van der Waals surface area contributed by atoms with Gasteiger partial charge in [0, 0.05) is 20.8 Å². The molecule has 0 atom stereocenters. The number of halogens is 2. The molecule has 0 aliphatic rings. The van der Waals surface area contributed by atoms with Gasteiger partial charge in [0.15, 0.2) is 5.78 Å². The summed E-state index contributed by atoms with van der Waals surface area (Å²) in [4.78, 5) is 12.5. The van der Waals surface area contributed by atoms with Crippen molar-refractivity contribution in [1.29, 1.82) is 0 Å². The Bertz CT molecular complexity index is 633. The maximum atomic E-state index is 12.5. The van der Waals surface area contributed by atoms with E-state index in [2.05, 4.69) is 22.6 Å². The molecular formula is C15H12ClIO3. The average Bonchev–Trinajstić information content (AvgIpc) is 2.48. The van der Waals surface area contributed by atoms with E-state index in [9.17, 15) is 4.79 Å². The summed E-state index contributed by atoms with van der Waals surface area (Å²) in [6.07, 6.45) is 0. The predicted molar refractivity (Wildman–Crippen MR) is 87.1 cm³/mol. The second kappa shape index (κ2) is 6.45. The number of hydrogen-bond acceptors (Lipinski definition) is 3. The molecule has 2 aromatic rings. The highest BCUT2D eigenvalue weighted by molar-refractivity contribution is 14.1. The molecule has 0 aliphatic carbocycles. The molecule has 2 rings (SSSR count). The van der Waals surface area contributed by atoms with Crippen molar-refractivity contribution >= 4 is 40.0 Å². The molecular weight excluding hydrogens is 391 g/mol. The highest BCUT2D eigenvalue weighted by atomic mass is 127. The molecule has 0 amide bonds. The van der Waals surface area contributed by atoms with Crippen LogP contribution in [0.1, 0.15) is 15.9 Å². The number of carbonyl (C=O) groups is 1. The average molecular weight is 403 g/mol. The van der Waals surface area contributed by atoms with Crippen molar-refractivity contribution in [2.75, 3.05) is 14.2 Å². The van der Waals surface area contributed by atoms with Crippen LogP contribution in [0.2, 0.25) is 5.02 Å². The van der Waals surface area contributed by atoms with E-state index in [4.69, 9.17) is 21.1 Å². The summed E-state index contributed by atoms with van der Waals surface area (Å²) in [5.41, 5.74) is 1.03. The summed E-state index contributed by atoms with van der Waals surface area (Å²) in [6.45, 7) is 0. The maximum Gasteiger partial charge on any atom is 0.193 e. The molecule has 0 heterocycles. The zero-order valence-electron chi connectivity index (χ0n) is 10.9. The van der Waals surface area contributed by atoms with Gasteiger partial charge in [0.1, 0.15) is 11.5 Å². The Morgan fingerprint density at radius 1 is 1.00 bits per heavy atom. The fourth-order valence-corrected chi connectivity index (χ4v) is 2.26. The Kier molecular flexibility index (Phi) is 4.88. The Morgan fingerprint density at radius 2 is 1.60 bits per heavy atom. The van der Waals surface area contributed by atoms with E-state index < -0.39 is 0 Å². The lowest BCUT2D eigenvalue weighted by atomic mass is 10.0. The normalized spacial score (nSPS) is 10.2. The Hall–Kier alpha value is -1.27. The van der Waals surface area contributed by atoms with E-state index in [-0.39, 0.29) is 5.78 Å². The van der Waals surface area contributed by atoms with Crippen LogP contribution in [-0.2, 0) is 0 Å². The van der Waals surface area contributed by atoms with E-state index in [0.29, 0.717) is 27.6 Å². The lowest BCUT2D eigenvalue weighted by molar-refractivity contribution is 0.103. The smallest absolute Gasteiger partial charge is 0.193 e. The van der Waals surface area contributed by atoms with Crippen LogP contribution in [0.3, 0.4) is 0 Å². The quantitative estimate of drug-likeness (QED) is 0.568. The van der Waals surface area contributed by atoms with E-state index in [0.717, 1.165) is 3.57 Å². The molecule has 3 nitrogen and oxygen atoms in total. The van der Waals surface area contributed by atoms with Crippen LogP contribution in [0.25, 0.3) is 0 Å². The number of methoxy groups -OCH3 is 2. The van der Waals surface area contributed by atoms with Gasteiger partial charge in [-0.1, -0.05) is 11.6 Å². The van der Waals surface area contributed by atoms with Crippen molar-refractivity contribution in [3.63, 3.8) is 0 Å². The SMILES string of the molecule is COc1cc(OC)cc(C(=O)c2ccc(I)c(Cl)c2)c1. The minimum absolute atomic E-state index is 0.125. The number of ether oxygens (including phenoxy) is 2. The topological polar surface area (TPSA) is 35.5 Å². The van der Waals surface area contributed by atoms with E-state index in [1.54, 1.807) is 44.6 Å². The summed E-state index contributed by atoms with van der Waals surface area (Å²) in [5, 5.41) is 0.561. The van der Waals surface area contributed by atoms with Crippen LogP contribution in [0.4, 0.5) is 0 Å². The molecule has 5 heteroatoms. The highest BCUT2D eigenvalue weighted by Crippen LogP contribution is 2.26. The van der Waals surface area contributed by atoms with E-state index in [1.807, 2.05) is 6.07 Å². The fraction of sp³-hybridized carbons (Fsp3) is 0.133. The van der Waals surface area contributed by atoms with Crippen molar-refractivity contribution in [3.05, 3.63) is 56.1 Å². The lowest BCUT2D eigenvalue weighted by Gasteiger charge is -2.08.